The van der Waals surface area contributed by atoms with Crippen LogP contribution in [0.15, 0.2) is 40.5 Å². The van der Waals surface area contributed by atoms with E-state index in [9.17, 15) is 9.59 Å². The summed E-state index contributed by atoms with van der Waals surface area (Å²) in [5, 5.41) is 5.63. The fourth-order valence-corrected chi connectivity index (χ4v) is 3.27. The second kappa shape index (κ2) is 8.21. The Morgan fingerprint density at radius 2 is 1.89 bits per heavy atom. The van der Waals surface area contributed by atoms with Crippen LogP contribution in [0.4, 0.5) is 4.79 Å². The molecule has 140 valence electrons. The lowest BCUT2D eigenvalue weighted by Crippen LogP contribution is -2.22. The maximum Gasteiger partial charge on any atom is 0.326 e. The number of carbonyl (C=O) groups is 2. The Morgan fingerprint density at radius 3 is 2.52 bits per heavy atom. The third-order valence-corrected chi connectivity index (χ3v) is 4.97. The van der Waals surface area contributed by atoms with Crippen LogP contribution in [0.3, 0.4) is 0 Å². The van der Waals surface area contributed by atoms with Crippen LogP contribution >= 0.6 is 39.1 Å². The summed E-state index contributed by atoms with van der Waals surface area (Å²) in [4.78, 5) is 22.9. The van der Waals surface area contributed by atoms with Crippen molar-refractivity contribution >= 4 is 57.1 Å². The minimum Gasteiger partial charge on any atom is -0.493 e. The van der Waals surface area contributed by atoms with Gasteiger partial charge in [-0.2, -0.15) is 0 Å². The summed E-state index contributed by atoms with van der Waals surface area (Å²) in [6.45, 7) is 0.220. The Kier molecular flexibility index (Phi) is 5.94. The fraction of sp³-hybridized carbons (Fsp3) is 0.111. The summed E-state index contributed by atoms with van der Waals surface area (Å²) in [5.41, 5.74) is 1.55. The zero-order chi connectivity index (χ0) is 19.6. The fourth-order valence-electron chi connectivity index (χ4n) is 2.37. The minimum absolute atomic E-state index is 0.143. The second-order valence-electron chi connectivity index (χ2n) is 5.52. The van der Waals surface area contributed by atoms with E-state index < -0.39 is 11.9 Å². The number of methoxy groups -OCH3 is 1. The Hall–Kier alpha value is -2.22. The lowest BCUT2D eigenvalue weighted by molar-refractivity contribution is -0.115. The van der Waals surface area contributed by atoms with Gasteiger partial charge in [0, 0.05) is 20.1 Å². The maximum absolute atomic E-state index is 11.7. The van der Waals surface area contributed by atoms with Gasteiger partial charge in [0.25, 0.3) is 5.91 Å². The van der Waals surface area contributed by atoms with Gasteiger partial charge >= 0.3 is 6.03 Å². The summed E-state index contributed by atoms with van der Waals surface area (Å²) in [5.74, 6) is 0.445. The van der Waals surface area contributed by atoms with Crippen molar-refractivity contribution in [3.63, 3.8) is 0 Å². The van der Waals surface area contributed by atoms with Gasteiger partial charge in [-0.3, -0.25) is 10.1 Å². The number of ether oxygens (including phenoxy) is 2. The SMILES string of the molecule is COc1cc(/C=C2/NC(=O)NC2=O)c(Br)cc1OCc1ccc(Cl)cc1Cl. The van der Waals surface area contributed by atoms with Gasteiger partial charge in [-0.15, -0.1) is 0 Å². The topological polar surface area (TPSA) is 76.7 Å². The van der Waals surface area contributed by atoms with E-state index in [1.807, 2.05) is 0 Å². The van der Waals surface area contributed by atoms with Crippen molar-refractivity contribution in [1.82, 2.24) is 10.6 Å². The van der Waals surface area contributed by atoms with Gasteiger partial charge in [0.2, 0.25) is 0 Å². The van der Waals surface area contributed by atoms with Crippen molar-refractivity contribution in [3.8, 4) is 11.5 Å². The number of carbonyl (C=O) groups excluding carboxylic acids is 2. The van der Waals surface area contributed by atoms with E-state index in [4.69, 9.17) is 32.7 Å². The van der Waals surface area contributed by atoms with Crippen molar-refractivity contribution in [2.24, 2.45) is 0 Å². The van der Waals surface area contributed by atoms with E-state index in [2.05, 4.69) is 26.6 Å². The average molecular weight is 472 g/mol. The summed E-state index contributed by atoms with van der Waals surface area (Å²) < 4.78 is 11.9. The number of hydrogen-bond donors (Lipinski definition) is 2. The highest BCUT2D eigenvalue weighted by molar-refractivity contribution is 9.10. The molecule has 0 atom stereocenters. The van der Waals surface area contributed by atoms with E-state index in [0.29, 0.717) is 31.6 Å². The van der Waals surface area contributed by atoms with Crippen LogP contribution in [0.1, 0.15) is 11.1 Å². The highest BCUT2D eigenvalue weighted by Gasteiger charge is 2.23. The summed E-state index contributed by atoms with van der Waals surface area (Å²) >= 11 is 15.5. The molecule has 0 spiro atoms. The first kappa shape index (κ1) is 19.5. The second-order valence-corrected chi connectivity index (χ2v) is 7.21. The molecular weight excluding hydrogens is 459 g/mol. The van der Waals surface area contributed by atoms with Crippen molar-refractivity contribution < 1.29 is 19.1 Å². The molecule has 0 unspecified atom stereocenters. The van der Waals surface area contributed by atoms with E-state index >= 15 is 0 Å². The predicted octanol–water partition coefficient (Wildman–Crippen LogP) is 4.52. The van der Waals surface area contributed by atoms with Crippen LogP contribution in [-0.4, -0.2) is 19.0 Å². The molecule has 0 saturated carbocycles. The molecule has 1 heterocycles. The van der Waals surface area contributed by atoms with Crippen LogP contribution < -0.4 is 20.1 Å². The number of hydrogen-bond acceptors (Lipinski definition) is 4. The molecule has 9 heteroatoms. The highest BCUT2D eigenvalue weighted by Crippen LogP contribution is 2.35. The van der Waals surface area contributed by atoms with Gasteiger partial charge in [0.05, 0.1) is 7.11 Å². The van der Waals surface area contributed by atoms with Gasteiger partial charge in [0.1, 0.15) is 12.3 Å². The molecular formula is C18H13BrCl2N2O4. The van der Waals surface area contributed by atoms with Gasteiger partial charge in [-0.25, -0.2) is 4.79 Å². The Bertz CT molecular complexity index is 963. The Balaban J connectivity index is 1.85. The van der Waals surface area contributed by atoms with Gasteiger partial charge in [-0.05, 0) is 35.9 Å². The van der Waals surface area contributed by atoms with Crippen LogP contribution in [-0.2, 0) is 11.4 Å². The third-order valence-electron chi connectivity index (χ3n) is 3.70. The molecule has 0 aliphatic carbocycles. The molecule has 3 rings (SSSR count). The highest BCUT2D eigenvalue weighted by atomic mass is 79.9. The van der Waals surface area contributed by atoms with E-state index in [1.54, 1.807) is 30.3 Å². The zero-order valence-corrected chi connectivity index (χ0v) is 17.0. The molecule has 1 saturated heterocycles. The van der Waals surface area contributed by atoms with Crippen LogP contribution in [0.25, 0.3) is 6.08 Å². The summed E-state index contributed by atoms with van der Waals surface area (Å²) in [6, 6.07) is 8.00. The first-order valence-electron chi connectivity index (χ1n) is 7.65. The molecule has 0 aromatic heterocycles. The van der Waals surface area contributed by atoms with Gasteiger partial charge < -0.3 is 14.8 Å². The van der Waals surface area contributed by atoms with E-state index in [0.717, 1.165) is 5.56 Å². The lowest BCUT2D eigenvalue weighted by Gasteiger charge is -2.14. The molecule has 3 amide bonds. The largest absolute Gasteiger partial charge is 0.493 e. The molecule has 0 radical (unpaired) electrons. The first-order chi connectivity index (χ1) is 12.9. The molecule has 6 nitrogen and oxygen atoms in total. The monoisotopic (exact) mass is 470 g/mol. The quantitative estimate of drug-likeness (QED) is 0.496. The first-order valence-corrected chi connectivity index (χ1v) is 9.20. The summed E-state index contributed by atoms with van der Waals surface area (Å²) in [6.07, 6.45) is 1.53. The number of amides is 3. The van der Waals surface area contributed by atoms with Gasteiger partial charge in [0.15, 0.2) is 11.5 Å². The lowest BCUT2D eigenvalue weighted by atomic mass is 10.1. The van der Waals surface area contributed by atoms with Crippen molar-refractivity contribution in [2.45, 2.75) is 6.61 Å². The molecule has 2 aromatic carbocycles. The number of nitrogens with one attached hydrogen (secondary N) is 2. The predicted molar refractivity (Wildman–Crippen MR) is 106 cm³/mol. The Labute approximate surface area is 173 Å². The molecule has 2 aromatic rings. The normalized spacial score (nSPS) is 14.9. The van der Waals surface area contributed by atoms with Crippen molar-refractivity contribution in [1.29, 1.82) is 0 Å². The van der Waals surface area contributed by atoms with Crippen LogP contribution in [0.5, 0.6) is 11.5 Å². The van der Waals surface area contributed by atoms with E-state index in [-0.39, 0.29) is 12.3 Å². The van der Waals surface area contributed by atoms with Crippen molar-refractivity contribution in [3.05, 3.63) is 61.7 Å². The number of benzene rings is 2. The smallest absolute Gasteiger partial charge is 0.326 e. The standard InChI is InChI=1S/C18H13BrCl2N2O4/c1-26-15-5-10(4-14-17(24)23-18(25)22-14)12(19)7-16(15)27-8-9-2-3-11(20)6-13(9)21/h2-7H,8H2,1H3,(H2,22,23,24,25)/b14-4+. The average Bonchev–Trinajstić information content (AvgIpc) is 2.93. The van der Waals surface area contributed by atoms with Gasteiger partial charge in [-0.1, -0.05) is 45.2 Å². The molecule has 1 aliphatic rings. The zero-order valence-electron chi connectivity index (χ0n) is 13.9. The Morgan fingerprint density at radius 1 is 1.11 bits per heavy atom. The molecule has 2 N–H and O–H groups in total. The molecule has 27 heavy (non-hydrogen) atoms. The molecule has 0 bridgehead atoms. The number of rotatable bonds is 5. The number of halogens is 3. The summed E-state index contributed by atoms with van der Waals surface area (Å²) in [7, 11) is 1.51. The van der Waals surface area contributed by atoms with Crippen LogP contribution in [0.2, 0.25) is 10.0 Å². The minimum atomic E-state index is -0.561. The number of imide groups is 1. The van der Waals surface area contributed by atoms with Crippen molar-refractivity contribution in [2.75, 3.05) is 7.11 Å². The maximum atomic E-state index is 11.7. The van der Waals surface area contributed by atoms with Crippen LogP contribution in [0, 0.1) is 0 Å². The molecule has 1 aliphatic heterocycles. The third kappa shape index (κ3) is 4.55. The van der Waals surface area contributed by atoms with E-state index in [1.165, 1.54) is 13.2 Å². The number of urea groups is 1. The molecule has 1 fully saturated rings.